The molecule has 0 aliphatic carbocycles. The van der Waals surface area contributed by atoms with E-state index in [1.54, 1.807) is 0 Å². The highest BCUT2D eigenvalue weighted by molar-refractivity contribution is 9.10. The Hall–Kier alpha value is -1.52. The normalized spacial score (nSPS) is 10.9. The van der Waals surface area contributed by atoms with Gasteiger partial charge in [-0.2, -0.15) is 0 Å². The highest BCUT2D eigenvalue weighted by Gasteiger charge is 2.07. The summed E-state index contributed by atoms with van der Waals surface area (Å²) in [7, 11) is 2.03. The number of nitrogens with zero attached hydrogens (tertiary/aromatic N) is 2. The molecule has 1 heterocycles. The maximum atomic E-state index is 5.94. The highest BCUT2D eigenvalue weighted by atomic mass is 79.9. The molecule has 0 spiro atoms. The fourth-order valence-corrected chi connectivity index (χ4v) is 2.98. The zero-order valence-electron chi connectivity index (χ0n) is 10.9. The number of halogens is 2. The highest BCUT2D eigenvalue weighted by Crippen LogP contribution is 2.26. The number of para-hydroxylation sites is 2. The summed E-state index contributed by atoms with van der Waals surface area (Å²) in [5.74, 6) is 0.994. The van der Waals surface area contributed by atoms with Gasteiger partial charge in [0.2, 0.25) is 0 Å². The van der Waals surface area contributed by atoms with Crippen LogP contribution >= 0.6 is 27.5 Å². The van der Waals surface area contributed by atoms with Crippen LogP contribution in [0.4, 0.5) is 5.69 Å². The van der Waals surface area contributed by atoms with E-state index in [4.69, 9.17) is 11.6 Å². The predicted molar refractivity (Wildman–Crippen MR) is 87.2 cm³/mol. The number of imidazole rings is 1. The van der Waals surface area contributed by atoms with E-state index in [0.717, 1.165) is 27.0 Å². The van der Waals surface area contributed by atoms with Gasteiger partial charge in [0.1, 0.15) is 5.82 Å². The van der Waals surface area contributed by atoms with Gasteiger partial charge >= 0.3 is 0 Å². The van der Waals surface area contributed by atoms with Crippen LogP contribution in [-0.2, 0) is 13.6 Å². The van der Waals surface area contributed by atoms with Crippen LogP contribution in [0.2, 0.25) is 5.02 Å². The second kappa shape index (κ2) is 5.46. The van der Waals surface area contributed by atoms with Crippen molar-refractivity contribution in [1.29, 1.82) is 0 Å². The van der Waals surface area contributed by atoms with Gasteiger partial charge < -0.3 is 9.88 Å². The minimum Gasteiger partial charge on any atom is -0.377 e. The first-order chi connectivity index (χ1) is 9.65. The average molecular weight is 351 g/mol. The molecule has 102 valence electrons. The molecule has 5 heteroatoms. The standard InChI is InChI=1S/C15H13BrClN3/c1-20-14-5-3-2-4-13(14)19-15(20)9-18-12-7-6-10(17)8-11(12)16/h2-8,18H,9H2,1H3. The van der Waals surface area contributed by atoms with Crippen LogP contribution in [-0.4, -0.2) is 9.55 Å². The molecular formula is C15H13BrClN3. The van der Waals surface area contributed by atoms with E-state index >= 15 is 0 Å². The Labute approximate surface area is 130 Å². The quantitative estimate of drug-likeness (QED) is 0.748. The molecule has 1 aromatic heterocycles. The Kier molecular flexibility index (Phi) is 3.68. The van der Waals surface area contributed by atoms with Crippen LogP contribution in [0.5, 0.6) is 0 Å². The molecule has 3 rings (SSSR count). The van der Waals surface area contributed by atoms with Gasteiger partial charge in [0, 0.05) is 22.2 Å². The number of nitrogens with one attached hydrogen (secondary N) is 1. The number of aryl methyl sites for hydroxylation is 1. The van der Waals surface area contributed by atoms with Crippen molar-refractivity contribution in [3.8, 4) is 0 Å². The Morgan fingerprint density at radius 1 is 1.25 bits per heavy atom. The molecular weight excluding hydrogens is 338 g/mol. The van der Waals surface area contributed by atoms with Gasteiger partial charge in [-0.15, -0.1) is 0 Å². The van der Waals surface area contributed by atoms with Gasteiger partial charge in [-0.1, -0.05) is 23.7 Å². The van der Waals surface area contributed by atoms with Crippen molar-refractivity contribution in [2.24, 2.45) is 7.05 Å². The first-order valence-electron chi connectivity index (χ1n) is 6.24. The first kappa shape index (κ1) is 13.5. The van der Waals surface area contributed by atoms with Crippen LogP contribution in [0.3, 0.4) is 0 Å². The molecule has 0 atom stereocenters. The summed E-state index contributed by atoms with van der Waals surface area (Å²) in [4.78, 5) is 4.63. The molecule has 0 saturated heterocycles. The summed E-state index contributed by atoms with van der Waals surface area (Å²) in [6, 6.07) is 13.8. The smallest absolute Gasteiger partial charge is 0.128 e. The lowest BCUT2D eigenvalue weighted by molar-refractivity contribution is 0.834. The number of benzene rings is 2. The minimum atomic E-state index is 0.658. The molecule has 0 amide bonds. The van der Waals surface area contributed by atoms with E-state index in [1.807, 2.05) is 43.4 Å². The summed E-state index contributed by atoms with van der Waals surface area (Å²) in [5, 5.41) is 4.08. The Bertz CT molecular complexity index is 767. The van der Waals surface area contributed by atoms with Gasteiger partial charge in [-0.05, 0) is 46.3 Å². The molecule has 0 saturated carbocycles. The summed E-state index contributed by atoms with van der Waals surface area (Å²) in [6.45, 7) is 0.658. The summed E-state index contributed by atoms with van der Waals surface area (Å²) < 4.78 is 3.05. The van der Waals surface area contributed by atoms with Gasteiger partial charge in [0.05, 0.1) is 17.6 Å². The van der Waals surface area contributed by atoms with Crippen LogP contribution in [0.15, 0.2) is 46.9 Å². The monoisotopic (exact) mass is 349 g/mol. The van der Waals surface area contributed by atoms with Crippen LogP contribution in [0.1, 0.15) is 5.82 Å². The molecule has 2 aromatic carbocycles. The molecule has 0 fully saturated rings. The lowest BCUT2D eigenvalue weighted by atomic mass is 10.3. The van der Waals surface area contributed by atoms with E-state index in [1.165, 1.54) is 0 Å². The van der Waals surface area contributed by atoms with Crippen molar-refractivity contribution in [3.05, 3.63) is 57.8 Å². The third kappa shape index (κ3) is 2.53. The molecule has 20 heavy (non-hydrogen) atoms. The topological polar surface area (TPSA) is 29.9 Å². The largest absolute Gasteiger partial charge is 0.377 e. The zero-order chi connectivity index (χ0) is 14.1. The first-order valence-corrected chi connectivity index (χ1v) is 7.41. The second-order valence-electron chi connectivity index (χ2n) is 4.55. The van der Waals surface area contributed by atoms with Crippen LogP contribution in [0, 0.1) is 0 Å². The maximum absolute atomic E-state index is 5.94. The van der Waals surface area contributed by atoms with Crippen molar-refractivity contribution < 1.29 is 0 Å². The third-order valence-corrected chi connectivity index (χ3v) is 4.14. The number of rotatable bonds is 3. The number of fused-ring (bicyclic) bond motifs is 1. The van der Waals surface area contributed by atoms with Crippen LogP contribution < -0.4 is 5.32 Å². The maximum Gasteiger partial charge on any atom is 0.128 e. The molecule has 0 bridgehead atoms. The number of hydrogen-bond acceptors (Lipinski definition) is 2. The SMILES string of the molecule is Cn1c(CNc2ccc(Cl)cc2Br)nc2ccccc21. The lowest BCUT2D eigenvalue weighted by Gasteiger charge is -2.09. The zero-order valence-corrected chi connectivity index (χ0v) is 13.2. The lowest BCUT2D eigenvalue weighted by Crippen LogP contribution is -2.06. The Balaban J connectivity index is 1.85. The third-order valence-electron chi connectivity index (χ3n) is 3.25. The number of aromatic nitrogens is 2. The van der Waals surface area contributed by atoms with E-state index in [-0.39, 0.29) is 0 Å². The molecule has 0 aliphatic rings. The van der Waals surface area contributed by atoms with Crippen molar-refractivity contribution in [3.63, 3.8) is 0 Å². The Morgan fingerprint density at radius 2 is 2.05 bits per heavy atom. The van der Waals surface area contributed by atoms with Crippen LogP contribution in [0.25, 0.3) is 11.0 Å². The summed E-state index contributed by atoms with van der Waals surface area (Å²) in [5.41, 5.74) is 3.16. The summed E-state index contributed by atoms with van der Waals surface area (Å²) >= 11 is 9.44. The Morgan fingerprint density at radius 3 is 2.80 bits per heavy atom. The molecule has 3 nitrogen and oxygen atoms in total. The fourth-order valence-electron chi connectivity index (χ4n) is 2.16. The van der Waals surface area contributed by atoms with Gasteiger partial charge in [-0.25, -0.2) is 4.98 Å². The van der Waals surface area contributed by atoms with Crippen molar-refractivity contribution in [2.75, 3.05) is 5.32 Å². The van der Waals surface area contributed by atoms with Crippen molar-refractivity contribution in [1.82, 2.24) is 9.55 Å². The minimum absolute atomic E-state index is 0.658. The summed E-state index contributed by atoms with van der Waals surface area (Å²) in [6.07, 6.45) is 0. The van der Waals surface area contributed by atoms with E-state index in [2.05, 4.69) is 36.9 Å². The van der Waals surface area contributed by atoms with E-state index in [0.29, 0.717) is 11.6 Å². The van der Waals surface area contributed by atoms with Gasteiger partial charge in [0.25, 0.3) is 0 Å². The molecule has 0 aliphatic heterocycles. The number of hydrogen-bond donors (Lipinski definition) is 1. The molecule has 0 unspecified atom stereocenters. The van der Waals surface area contributed by atoms with Gasteiger partial charge in [0.15, 0.2) is 0 Å². The molecule has 3 aromatic rings. The fraction of sp³-hybridized carbons (Fsp3) is 0.133. The second-order valence-corrected chi connectivity index (χ2v) is 5.84. The predicted octanol–water partition coefficient (Wildman–Crippen LogP) is 4.60. The van der Waals surface area contributed by atoms with Crippen molar-refractivity contribution in [2.45, 2.75) is 6.54 Å². The van der Waals surface area contributed by atoms with E-state index in [9.17, 15) is 0 Å². The van der Waals surface area contributed by atoms with Gasteiger partial charge in [-0.3, -0.25) is 0 Å². The number of anilines is 1. The molecule has 0 radical (unpaired) electrons. The average Bonchev–Trinajstić information content (AvgIpc) is 2.75. The van der Waals surface area contributed by atoms with Crippen molar-refractivity contribution >= 4 is 44.3 Å². The molecule has 1 N–H and O–H groups in total. The van der Waals surface area contributed by atoms with E-state index < -0.39 is 0 Å².